The monoisotopic (exact) mass is 368 g/mol. The molecule has 2 saturated carbocycles. The zero-order valence-electron chi connectivity index (χ0n) is 16.7. The molecule has 1 heterocycles. The molecule has 3 nitrogen and oxygen atoms in total. The predicted octanol–water partition coefficient (Wildman–Crippen LogP) is 5.26. The van der Waals surface area contributed by atoms with Gasteiger partial charge in [0.2, 0.25) is 0 Å². The highest BCUT2D eigenvalue weighted by molar-refractivity contribution is 5.87. The molecule has 146 valence electrons. The van der Waals surface area contributed by atoms with E-state index in [0.29, 0.717) is 29.5 Å². The largest absolute Gasteiger partial charge is 0.465 e. The maximum Gasteiger partial charge on any atom is 0.199 e. The molecule has 1 aliphatic heterocycles. The fourth-order valence-corrected chi connectivity index (χ4v) is 6.76. The summed E-state index contributed by atoms with van der Waals surface area (Å²) in [7, 11) is 0. The predicted molar refractivity (Wildman–Crippen MR) is 105 cm³/mol. The van der Waals surface area contributed by atoms with Crippen molar-refractivity contribution < 1.29 is 14.3 Å². The summed E-state index contributed by atoms with van der Waals surface area (Å²) in [5, 5.41) is 0. The standard InChI is InChI=1S/C24H32O3/c1-15-13-16-14-17(27-22-5-3-4-12-26-22)6-7-18(16)19-10-11-24(2)20(23(15)19)8-9-21(24)25/h6-7,14-15,19-20,22-23H,3-5,8-13H2,1-2H3. The highest BCUT2D eigenvalue weighted by Crippen LogP contribution is 2.60. The zero-order valence-corrected chi connectivity index (χ0v) is 16.7. The van der Waals surface area contributed by atoms with Crippen LogP contribution in [0.1, 0.15) is 75.8 Å². The van der Waals surface area contributed by atoms with Crippen molar-refractivity contribution in [1.29, 1.82) is 0 Å². The number of hydrogen-bond acceptors (Lipinski definition) is 3. The molecule has 3 heteroatoms. The summed E-state index contributed by atoms with van der Waals surface area (Å²) in [5.41, 5.74) is 2.94. The molecule has 1 aromatic rings. The van der Waals surface area contributed by atoms with E-state index in [1.165, 1.54) is 17.5 Å². The summed E-state index contributed by atoms with van der Waals surface area (Å²) in [5.74, 6) is 3.99. The SMILES string of the molecule is CC1Cc2cc(OC3CCCCO3)ccc2C2CCC3(C)C(=O)CCC3C12. The van der Waals surface area contributed by atoms with Crippen LogP contribution >= 0.6 is 0 Å². The third kappa shape index (κ3) is 2.85. The first-order valence-corrected chi connectivity index (χ1v) is 11.0. The van der Waals surface area contributed by atoms with Crippen LogP contribution in [0, 0.1) is 23.2 Å². The van der Waals surface area contributed by atoms with Crippen molar-refractivity contribution in [3.63, 3.8) is 0 Å². The van der Waals surface area contributed by atoms with Crippen LogP contribution in [0.3, 0.4) is 0 Å². The normalized spacial score (nSPS) is 40.8. The molecule has 5 rings (SSSR count). The van der Waals surface area contributed by atoms with Gasteiger partial charge < -0.3 is 9.47 Å². The molecule has 1 saturated heterocycles. The topological polar surface area (TPSA) is 35.5 Å². The van der Waals surface area contributed by atoms with Gasteiger partial charge in [-0.2, -0.15) is 0 Å². The quantitative estimate of drug-likeness (QED) is 0.714. The van der Waals surface area contributed by atoms with E-state index in [1.807, 2.05) is 0 Å². The minimum absolute atomic E-state index is 0.0473. The van der Waals surface area contributed by atoms with Crippen LogP contribution in [0.2, 0.25) is 0 Å². The van der Waals surface area contributed by atoms with Crippen LogP contribution < -0.4 is 4.74 Å². The van der Waals surface area contributed by atoms with Gasteiger partial charge in [-0.25, -0.2) is 0 Å². The third-order valence-electron chi connectivity index (χ3n) is 8.16. The van der Waals surface area contributed by atoms with E-state index in [0.717, 1.165) is 57.3 Å². The van der Waals surface area contributed by atoms with Crippen LogP contribution in [0.4, 0.5) is 0 Å². The van der Waals surface area contributed by atoms with Crippen molar-refractivity contribution >= 4 is 5.78 Å². The van der Waals surface area contributed by atoms with Crippen molar-refractivity contribution in [2.24, 2.45) is 23.2 Å². The highest BCUT2D eigenvalue weighted by atomic mass is 16.7. The van der Waals surface area contributed by atoms with Crippen molar-refractivity contribution in [3.05, 3.63) is 29.3 Å². The molecule has 6 unspecified atom stereocenters. The smallest absolute Gasteiger partial charge is 0.199 e. The van der Waals surface area contributed by atoms with Crippen molar-refractivity contribution in [2.75, 3.05) is 6.61 Å². The second-order valence-corrected chi connectivity index (χ2v) is 9.66. The number of benzene rings is 1. The van der Waals surface area contributed by atoms with Crippen molar-refractivity contribution in [3.8, 4) is 5.75 Å². The second-order valence-electron chi connectivity index (χ2n) is 9.66. The Morgan fingerprint density at radius 2 is 2.07 bits per heavy atom. The maximum atomic E-state index is 12.6. The van der Waals surface area contributed by atoms with E-state index in [1.54, 1.807) is 0 Å². The number of carbonyl (C=O) groups excluding carboxylic acids is 1. The molecular weight excluding hydrogens is 336 g/mol. The minimum Gasteiger partial charge on any atom is -0.465 e. The zero-order chi connectivity index (χ0) is 18.6. The molecule has 0 spiro atoms. The molecular formula is C24H32O3. The Morgan fingerprint density at radius 3 is 2.89 bits per heavy atom. The molecule has 3 aliphatic carbocycles. The highest BCUT2D eigenvalue weighted by Gasteiger charge is 2.56. The summed E-state index contributed by atoms with van der Waals surface area (Å²) < 4.78 is 11.9. The van der Waals surface area contributed by atoms with E-state index in [9.17, 15) is 4.79 Å². The second kappa shape index (κ2) is 6.62. The average Bonchev–Trinajstić information content (AvgIpc) is 2.97. The maximum absolute atomic E-state index is 12.6. The Kier molecular flexibility index (Phi) is 4.34. The van der Waals surface area contributed by atoms with Crippen LogP contribution in [0.5, 0.6) is 5.75 Å². The van der Waals surface area contributed by atoms with Gasteiger partial charge in [0.1, 0.15) is 11.5 Å². The van der Waals surface area contributed by atoms with Crippen molar-refractivity contribution in [2.45, 2.75) is 77.4 Å². The van der Waals surface area contributed by atoms with Gasteiger partial charge in [-0.05, 0) is 85.5 Å². The van der Waals surface area contributed by atoms with Gasteiger partial charge in [-0.1, -0.05) is 19.9 Å². The molecule has 3 fully saturated rings. The summed E-state index contributed by atoms with van der Waals surface area (Å²) in [4.78, 5) is 12.6. The summed E-state index contributed by atoms with van der Waals surface area (Å²) in [6.07, 6.45) is 8.50. The first-order valence-electron chi connectivity index (χ1n) is 11.0. The number of ketones is 1. The number of Topliss-reactive ketones (excluding diaryl/α,β-unsaturated/α-hetero) is 1. The summed E-state index contributed by atoms with van der Waals surface area (Å²) in [6.45, 7) is 5.48. The summed E-state index contributed by atoms with van der Waals surface area (Å²) >= 11 is 0. The average molecular weight is 369 g/mol. The molecule has 0 aromatic heterocycles. The van der Waals surface area contributed by atoms with Gasteiger partial charge in [0.25, 0.3) is 0 Å². The minimum atomic E-state index is -0.0783. The van der Waals surface area contributed by atoms with Gasteiger partial charge in [0.05, 0.1) is 6.61 Å². The molecule has 27 heavy (non-hydrogen) atoms. The fourth-order valence-electron chi connectivity index (χ4n) is 6.76. The Labute approximate surface area is 162 Å². The Morgan fingerprint density at radius 1 is 1.19 bits per heavy atom. The molecule has 0 N–H and O–H groups in total. The van der Waals surface area contributed by atoms with Crippen LogP contribution in [0.25, 0.3) is 0 Å². The van der Waals surface area contributed by atoms with Crippen LogP contribution in [0.15, 0.2) is 18.2 Å². The van der Waals surface area contributed by atoms with E-state index in [2.05, 4.69) is 32.0 Å². The molecule has 0 amide bonds. The van der Waals surface area contributed by atoms with E-state index in [4.69, 9.17) is 9.47 Å². The van der Waals surface area contributed by atoms with Gasteiger partial charge in [0, 0.05) is 18.3 Å². The van der Waals surface area contributed by atoms with Gasteiger partial charge in [-0.15, -0.1) is 0 Å². The van der Waals surface area contributed by atoms with E-state index >= 15 is 0 Å². The van der Waals surface area contributed by atoms with E-state index < -0.39 is 0 Å². The van der Waals surface area contributed by atoms with Crippen LogP contribution in [-0.2, 0) is 16.0 Å². The lowest BCUT2D eigenvalue weighted by Gasteiger charge is -2.51. The van der Waals surface area contributed by atoms with Gasteiger partial charge >= 0.3 is 0 Å². The lowest BCUT2D eigenvalue weighted by Crippen LogP contribution is -2.45. The molecule has 1 aromatic carbocycles. The third-order valence-corrected chi connectivity index (χ3v) is 8.16. The first kappa shape index (κ1) is 17.7. The number of carbonyl (C=O) groups is 1. The molecule has 0 bridgehead atoms. The number of rotatable bonds is 2. The van der Waals surface area contributed by atoms with Gasteiger partial charge in [-0.3, -0.25) is 4.79 Å². The molecule has 0 radical (unpaired) electrons. The molecule has 6 atom stereocenters. The number of hydrogen-bond donors (Lipinski definition) is 0. The molecule has 4 aliphatic rings. The van der Waals surface area contributed by atoms with Gasteiger partial charge in [0.15, 0.2) is 6.29 Å². The number of ether oxygens (including phenoxy) is 2. The Hall–Kier alpha value is -1.35. The fraction of sp³-hybridized carbons (Fsp3) is 0.708. The van der Waals surface area contributed by atoms with E-state index in [-0.39, 0.29) is 11.7 Å². The Bertz CT molecular complexity index is 735. The van der Waals surface area contributed by atoms with Crippen LogP contribution in [-0.4, -0.2) is 18.7 Å². The summed E-state index contributed by atoms with van der Waals surface area (Å²) in [6, 6.07) is 6.74. The lowest BCUT2D eigenvalue weighted by molar-refractivity contribution is -0.129. The number of fused-ring (bicyclic) bond motifs is 5. The Balaban J connectivity index is 1.41. The lowest BCUT2D eigenvalue weighted by atomic mass is 9.53. The first-order chi connectivity index (χ1) is 13.1. The van der Waals surface area contributed by atoms with Crippen molar-refractivity contribution in [1.82, 2.24) is 0 Å².